The van der Waals surface area contributed by atoms with Gasteiger partial charge in [0.1, 0.15) is 18.1 Å². The Morgan fingerprint density at radius 1 is 1.16 bits per heavy atom. The number of benzene rings is 1. The molecule has 31 heavy (non-hydrogen) atoms. The van der Waals surface area contributed by atoms with Crippen molar-refractivity contribution in [1.82, 2.24) is 20.6 Å². The monoisotopic (exact) mass is 442 g/mol. The van der Waals surface area contributed by atoms with Crippen molar-refractivity contribution in [2.24, 2.45) is 0 Å². The van der Waals surface area contributed by atoms with Crippen LogP contribution < -0.4 is 10.2 Å². The van der Waals surface area contributed by atoms with Crippen LogP contribution in [-0.2, 0) is 16.4 Å². The second kappa shape index (κ2) is 8.86. The number of hydrogen-bond acceptors (Lipinski definition) is 8. The van der Waals surface area contributed by atoms with Crippen LogP contribution in [0.1, 0.15) is 21.7 Å². The molecular formula is C21H22N4O5S. The third-order valence-corrected chi connectivity index (χ3v) is 6.61. The number of hydrazine groups is 1. The predicted molar refractivity (Wildman–Crippen MR) is 113 cm³/mol. The van der Waals surface area contributed by atoms with Crippen LogP contribution in [0.4, 0.5) is 0 Å². The molecule has 9 nitrogen and oxygen atoms in total. The Morgan fingerprint density at radius 2 is 1.90 bits per heavy atom. The minimum Gasteiger partial charge on any atom is -0.473 e. The molecule has 0 atom stereocenters. The molecule has 0 saturated carbocycles. The Balaban J connectivity index is 1.37. The number of pyridine rings is 1. The van der Waals surface area contributed by atoms with E-state index < -0.39 is 9.84 Å². The Morgan fingerprint density at radius 3 is 2.58 bits per heavy atom. The molecule has 1 N–H and O–H groups in total. The summed E-state index contributed by atoms with van der Waals surface area (Å²) in [6.45, 7) is 2.58. The lowest BCUT2D eigenvalue weighted by Crippen LogP contribution is -2.50. The minimum absolute atomic E-state index is 0.0333. The number of ether oxygens (including phenoxy) is 1. The lowest BCUT2D eigenvalue weighted by atomic mass is 10.1. The number of hydrogen-bond donors (Lipinski definition) is 1. The highest BCUT2D eigenvalue weighted by Gasteiger charge is 2.23. The molecule has 0 aliphatic carbocycles. The molecule has 3 heterocycles. The summed E-state index contributed by atoms with van der Waals surface area (Å²) in [6, 6.07) is 12.9. The first-order valence-electron chi connectivity index (χ1n) is 9.77. The number of nitrogens with zero attached hydrogens (tertiary/aromatic N) is 3. The molecule has 0 radical (unpaired) electrons. The van der Waals surface area contributed by atoms with E-state index in [1.807, 2.05) is 37.3 Å². The molecule has 1 aliphatic rings. The number of sulfone groups is 1. The first kappa shape index (κ1) is 21.0. The van der Waals surface area contributed by atoms with Crippen LogP contribution in [0.2, 0.25) is 0 Å². The van der Waals surface area contributed by atoms with Gasteiger partial charge < -0.3 is 9.26 Å². The summed E-state index contributed by atoms with van der Waals surface area (Å²) in [7, 11) is -3.00. The average Bonchev–Trinajstić information content (AvgIpc) is 3.15. The summed E-state index contributed by atoms with van der Waals surface area (Å²) in [5.41, 5.74) is 5.54. The summed E-state index contributed by atoms with van der Waals surface area (Å²) in [6.07, 6.45) is 1.42. The van der Waals surface area contributed by atoms with Crippen LogP contribution in [0.3, 0.4) is 0 Å². The fraction of sp³-hybridized carbons (Fsp3) is 0.286. The molecule has 0 unspecified atom stereocenters. The van der Waals surface area contributed by atoms with Gasteiger partial charge in [-0.15, -0.1) is 0 Å². The van der Waals surface area contributed by atoms with E-state index in [1.54, 1.807) is 17.1 Å². The van der Waals surface area contributed by atoms with Gasteiger partial charge in [-0.25, -0.2) is 18.4 Å². The molecule has 1 saturated heterocycles. The van der Waals surface area contributed by atoms with E-state index in [2.05, 4.69) is 15.6 Å². The second-order valence-electron chi connectivity index (χ2n) is 7.19. The zero-order valence-electron chi connectivity index (χ0n) is 16.9. The third kappa shape index (κ3) is 5.09. The Kier molecular flexibility index (Phi) is 6.01. The number of rotatable bonds is 6. The van der Waals surface area contributed by atoms with E-state index >= 15 is 0 Å². The first-order chi connectivity index (χ1) is 14.9. The van der Waals surface area contributed by atoms with Crippen LogP contribution >= 0.6 is 0 Å². The standard InChI is InChI=1S/C21H22N4O5S/c1-15-18(20(24-30-15)16-5-3-2-4-6-16)14-29-19-8-7-17(13-22-19)21(26)23-25-9-11-31(27,28)12-10-25/h2-8,13H,9-12,14H2,1H3,(H,23,26). The van der Waals surface area contributed by atoms with Crippen molar-refractivity contribution in [1.29, 1.82) is 0 Å². The van der Waals surface area contributed by atoms with Gasteiger partial charge >= 0.3 is 0 Å². The van der Waals surface area contributed by atoms with Crippen LogP contribution in [0.5, 0.6) is 5.88 Å². The van der Waals surface area contributed by atoms with Crippen molar-refractivity contribution < 1.29 is 22.5 Å². The van der Waals surface area contributed by atoms with Gasteiger partial charge in [0.15, 0.2) is 9.84 Å². The van der Waals surface area contributed by atoms with Gasteiger partial charge in [-0.1, -0.05) is 35.5 Å². The highest BCUT2D eigenvalue weighted by atomic mass is 32.2. The smallest absolute Gasteiger partial charge is 0.267 e. The normalized spacial score (nSPS) is 16.0. The SMILES string of the molecule is Cc1onc(-c2ccccc2)c1COc1ccc(C(=O)NN2CCS(=O)(=O)CC2)cn1. The highest BCUT2D eigenvalue weighted by molar-refractivity contribution is 7.91. The van der Waals surface area contributed by atoms with Crippen molar-refractivity contribution in [2.75, 3.05) is 24.6 Å². The van der Waals surface area contributed by atoms with E-state index in [0.29, 0.717) is 17.2 Å². The lowest BCUT2D eigenvalue weighted by Gasteiger charge is -2.26. The van der Waals surface area contributed by atoms with E-state index in [-0.39, 0.29) is 37.1 Å². The van der Waals surface area contributed by atoms with Gasteiger partial charge in [-0.2, -0.15) is 0 Å². The van der Waals surface area contributed by atoms with E-state index in [4.69, 9.17) is 9.26 Å². The summed E-state index contributed by atoms with van der Waals surface area (Å²) < 4.78 is 34.1. The van der Waals surface area contributed by atoms with Gasteiger partial charge in [0, 0.05) is 30.9 Å². The molecular weight excluding hydrogens is 420 g/mol. The van der Waals surface area contributed by atoms with E-state index in [1.165, 1.54) is 6.20 Å². The third-order valence-electron chi connectivity index (χ3n) is 5.00. The molecule has 162 valence electrons. The Hall–Kier alpha value is -3.24. The molecule has 1 amide bonds. The van der Waals surface area contributed by atoms with Crippen molar-refractivity contribution in [3.05, 3.63) is 65.5 Å². The fourth-order valence-corrected chi connectivity index (χ4v) is 4.36. The molecule has 3 aromatic rings. The molecule has 2 aromatic heterocycles. The van der Waals surface area contributed by atoms with Crippen LogP contribution in [0, 0.1) is 6.92 Å². The first-order valence-corrected chi connectivity index (χ1v) is 11.6. The molecule has 1 aliphatic heterocycles. The van der Waals surface area contributed by atoms with Crippen molar-refractivity contribution >= 4 is 15.7 Å². The predicted octanol–water partition coefficient (Wildman–Crippen LogP) is 2.00. The number of aromatic nitrogens is 2. The molecule has 0 bridgehead atoms. The van der Waals surface area contributed by atoms with Crippen LogP contribution in [0.15, 0.2) is 53.2 Å². The van der Waals surface area contributed by atoms with E-state index in [0.717, 1.165) is 16.8 Å². The summed E-state index contributed by atoms with van der Waals surface area (Å²) in [4.78, 5) is 16.6. The topological polar surface area (TPSA) is 115 Å². The largest absolute Gasteiger partial charge is 0.473 e. The maximum Gasteiger partial charge on any atom is 0.267 e. The molecule has 4 rings (SSSR count). The number of nitrogens with one attached hydrogen (secondary N) is 1. The average molecular weight is 442 g/mol. The van der Waals surface area contributed by atoms with Crippen molar-refractivity contribution in [3.63, 3.8) is 0 Å². The van der Waals surface area contributed by atoms with Crippen molar-refractivity contribution in [3.8, 4) is 17.1 Å². The molecule has 10 heteroatoms. The fourth-order valence-electron chi connectivity index (χ4n) is 3.16. The highest BCUT2D eigenvalue weighted by Crippen LogP contribution is 2.26. The van der Waals surface area contributed by atoms with Crippen molar-refractivity contribution in [2.45, 2.75) is 13.5 Å². The molecule has 0 spiro atoms. The van der Waals surface area contributed by atoms with Crippen LogP contribution in [0.25, 0.3) is 11.3 Å². The second-order valence-corrected chi connectivity index (χ2v) is 9.49. The Bertz CT molecular complexity index is 1150. The summed E-state index contributed by atoms with van der Waals surface area (Å²) in [5, 5.41) is 5.73. The Labute approximate surface area is 179 Å². The van der Waals surface area contributed by atoms with Gasteiger partial charge in [0.25, 0.3) is 5.91 Å². The van der Waals surface area contributed by atoms with Gasteiger partial charge in [0.2, 0.25) is 5.88 Å². The number of carbonyl (C=O) groups excluding carboxylic acids is 1. The van der Waals surface area contributed by atoms with Crippen LogP contribution in [-0.4, -0.2) is 54.1 Å². The number of carbonyl (C=O) groups is 1. The summed E-state index contributed by atoms with van der Waals surface area (Å²) in [5.74, 6) is 0.745. The molecule has 1 aromatic carbocycles. The molecule has 1 fully saturated rings. The zero-order chi connectivity index (χ0) is 21.8. The maximum absolute atomic E-state index is 12.4. The lowest BCUT2D eigenvalue weighted by molar-refractivity contribution is 0.0801. The summed E-state index contributed by atoms with van der Waals surface area (Å²) >= 11 is 0. The van der Waals surface area contributed by atoms with Gasteiger partial charge in [-0.05, 0) is 13.0 Å². The quantitative estimate of drug-likeness (QED) is 0.616. The number of aryl methyl sites for hydroxylation is 1. The van der Waals surface area contributed by atoms with Gasteiger partial charge in [0.05, 0.1) is 22.6 Å². The maximum atomic E-state index is 12.4. The number of amides is 1. The van der Waals surface area contributed by atoms with Gasteiger partial charge in [-0.3, -0.25) is 10.2 Å². The van der Waals surface area contributed by atoms with E-state index in [9.17, 15) is 13.2 Å². The zero-order valence-corrected chi connectivity index (χ0v) is 17.8. The minimum atomic E-state index is -3.00.